The zero-order valence-corrected chi connectivity index (χ0v) is 19.0. The highest BCUT2D eigenvalue weighted by atomic mass is 32.2. The molecule has 1 amide bonds. The van der Waals surface area contributed by atoms with Gasteiger partial charge in [-0.3, -0.25) is 14.3 Å². The maximum Gasteiger partial charge on any atom is 0.233 e. The van der Waals surface area contributed by atoms with Crippen LogP contribution in [0.3, 0.4) is 0 Å². The Labute approximate surface area is 196 Å². The first-order chi connectivity index (χ1) is 16.2. The van der Waals surface area contributed by atoms with Crippen molar-refractivity contribution in [3.63, 3.8) is 0 Å². The van der Waals surface area contributed by atoms with Crippen LogP contribution in [0.4, 0.5) is 0 Å². The summed E-state index contributed by atoms with van der Waals surface area (Å²) in [5.41, 5.74) is 2.01. The number of nitrogens with zero attached hydrogens (tertiary/aromatic N) is 5. The second kappa shape index (κ2) is 9.66. The predicted molar refractivity (Wildman–Crippen MR) is 125 cm³/mol. The molecule has 170 valence electrons. The van der Waals surface area contributed by atoms with Crippen LogP contribution in [0.25, 0.3) is 11.4 Å². The van der Waals surface area contributed by atoms with Crippen molar-refractivity contribution in [3.8, 4) is 22.9 Å². The molecule has 0 aliphatic carbocycles. The third-order valence-electron chi connectivity index (χ3n) is 5.82. The fraction of sp³-hybridized carbons (Fsp3) is 0.333. The number of carbonyl (C=O) groups excluding carboxylic acids is 1. The van der Waals surface area contributed by atoms with Crippen molar-refractivity contribution in [2.45, 2.75) is 30.6 Å². The van der Waals surface area contributed by atoms with Crippen molar-refractivity contribution in [2.75, 3.05) is 25.5 Å². The zero-order valence-electron chi connectivity index (χ0n) is 18.2. The number of likely N-dealkylation sites (tertiary alicyclic amines) is 1. The summed E-state index contributed by atoms with van der Waals surface area (Å²) in [4.78, 5) is 19.2. The van der Waals surface area contributed by atoms with Gasteiger partial charge in [-0.2, -0.15) is 0 Å². The first-order valence-electron chi connectivity index (χ1n) is 11.0. The third kappa shape index (κ3) is 4.45. The SMILES string of the molecule is C=CCn1c(SCC(=O)N2CCCC2c2ccc3c(c2)OCCO3)nnc1-c1ccncc1. The van der Waals surface area contributed by atoms with Gasteiger partial charge in [0.15, 0.2) is 22.5 Å². The quantitative estimate of drug-likeness (QED) is 0.390. The van der Waals surface area contributed by atoms with E-state index in [1.807, 2.05) is 39.8 Å². The average Bonchev–Trinajstić information content (AvgIpc) is 3.51. The molecule has 0 saturated carbocycles. The van der Waals surface area contributed by atoms with Crippen LogP contribution in [-0.2, 0) is 11.3 Å². The Morgan fingerprint density at radius 1 is 1.15 bits per heavy atom. The van der Waals surface area contributed by atoms with Crippen LogP contribution in [0, 0.1) is 0 Å². The van der Waals surface area contributed by atoms with Gasteiger partial charge in [-0.25, -0.2) is 0 Å². The van der Waals surface area contributed by atoms with Crippen molar-refractivity contribution in [3.05, 3.63) is 60.9 Å². The van der Waals surface area contributed by atoms with E-state index >= 15 is 0 Å². The first-order valence-corrected chi connectivity index (χ1v) is 12.0. The first kappa shape index (κ1) is 21.5. The molecule has 33 heavy (non-hydrogen) atoms. The minimum absolute atomic E-state index is 0.0485. The number of rotatable bonds is 7. The molecule has 1 unspecified atom stereocenters. The normalized spacial score (nSPS) is 17.2. The van der Waals surface area contributed by atoms with Crippen molar-refractivity contribution in [1.29, 1.82) is 0 Å². The summed E-state index contributed by atoms with van der Waals surface area (Å²) in [5.74, 6) is 2.65. The van der Waals surface area contributed by atoms with Crippen LogP contribution in [-0.4, -0.2) is 56.1 Å². The molecular weight excluding hydrogens is 438 g/mol. The highest BCUT2D eigenvalue weighted by molar-refractivity contribution is 7.99. The Morgan fingerprint density at radius 2 is 1.97 bits per heavy atom. The molecule has 8 nitrogen and oxygen atoms in total. The molecule has 4 heterocycles. The van der Waals surface area contributed by atoms with Crippen LogP contribution in [0.1, 0.15) is 24.4 Å². The number of ether oxygens (including phenoxy) is 2. The summed E-state index contributed by atoms with van der Waals surface area (Å²) in [6.45, 7) is 6.28. The molecular formula is C24H25N5O3S. The highest BCUT2D eigenvalue weighted by Gasteiger charge is 2.31. The summed E-state index contributed by atoms with van der Waals surface area (Å²) in [7, 11) is 0. The van der Waals surface area contributed by atoms with Gasteiger partial charge in [0.05, 0.1) is 11.8 Å². The Morgan fingerprint density at radius 3 is 2.79 bits per heavy atom. The van der Waals surface area contributed by atoms with E-state index in [0.29, 0.717) is 30.7 Å². The van der Waals surface area contributed by atoms with E-state index in [1.54, 1.807) is 18.5 Å². The van der Waals surface area contributed by atoms with Crippen molar-refractivity contribution < 1.29 is 14.3 Å². The minimum atomic E-state index is 0.0485. The molecule has 3 aromatic rings. The number of thioether (sulfide) groups is 1. The van der Waals surface area contributed by atoms with Crippen LogP contribution in [0.2, 0.25) is 0 Å². The van der Waals surface area contributed by atoms with Crippen molar-refractivity contribution in [1.82, 2.24) is 24.6 Å². The molecule has 2 aromatic heterocycles. The standard InChI is InChI=1S/C24H25N5O3S/c1-2-11-29-23(17-7-9-25-10-8-17)26-27-24(29)33-16-22(30)28-12-3-4-19(28)18-5-6-20-21(15-18)32-14-13-31-20/h2,5-10,15,19H,1,3-4,11-14,16H2. The summed E-state index contributed by atoms with van der Waals surface area (Å²) >= 11 is 1.41. The molecule has 2 aliphatic heterocycles. The Balaban J connectivity index is 1.30. The molecule has 0 N–H and O–H groups in total. The number of carbonyl (C=O) groups is 1. The number of aromatic nitrogens is 4. The van der Waals surface area contributed by atoms with Crippen molar-refractivity contribution >= 4 is 17.7 Å². The molecule has 1 fully saturated rings. The van der Waals surface area contributed by atoms with Crippen LogP contribution < -0.4 is 9.47 Å². The molecule has 1 saturated heterocycles. The molecule has 0 bridgehead atoms. The van der Waals surface area contributed by atoms with Crippen LogP contribution in [0.5, 0.6) is 11.5 Å². The van der Waals surface area contributed by atoms with Gasteiger partial charge < -0.3 is 14.4 Å². The summed E-state index contributed by atoms with van der Waals surface area (Å²) in [6.07, 6.45) is 7.18. The van der Waals surface area contributed by atoms with Gasteiger partial charge >= 0.3 is 0 Å². The molecule has 1 aromatic carbocycles. The van der Waals surface area contributed by atoms with E-state index in [9.17, 15) is 4.79 Å². The van der Waals surface area contributed by atoms with E-state index < -0.39 is 0 Å². The molecule has 9 heteroatoms. The fourth-order valence-corrected chi connectivity index (χ4v) is 5.13. The smallest absolute Gasteiger partial charge is 0.233 e. The van der Waals surface area contributed by atoms with E-state index in [4.69, 9.17) is 9.47 Å². The van der Waals surface area contributed by atoms with Gasteiger partial charge in [-0.05, 0) is 42.7 Å². The lowest BCUT2D eigenvalue weighted by molar-refractivity contribution is -0.129. The average molecular weight is 464 g/mol. The second-order valence-corrected chi connectivity index (χ2v) is 8.82. The molecule has 1 atom stereocenters. The van der Waals surface area contributed by atoms with Crippen LogP contribution in [0.15, 0.2) is 60.5 Å². The predicted octanol–water partition coefficient (Wildman–Crippen LogP) is 3.75. The number of benzene rings is 1. The molecule has 0 spiro atoms. The molecule has 0 radical (unpaired) electrons. The van der Waals surface area contributed by atoms with Gasteiger partial charge in [-0.15, -0.1) is 16.8 Å². The largest absolute Gasteiger partial charge is 0.486 e. The lowest BCUT2D eigenvalue weighted by atomic mass is 10.0. The fourth-order valence-electron chi connectivity index (χ4n) is 4.29. The number of hydrogen-bond acceptors (Lipinski definition) is 7. The van der Waals surface area contributed by atoms with Gasteiger partial charge in [0.2, 0.25) is 5.91 Å². The minimum Gasteiger partial charge on any atom is -0.486 e. The summed E-state index contributed by atoms with van der Waals surface area (Å²) in [5, 5.41) is 9.39. The third-order valence-corrected chi connectivity index (χ3v) is 6.77. The number of amides is 1. The zero-order chi connectivity index (χ0) is 22.6. The molecule has 2 aliphatic rings. The maximum atomic E-state index is 13.2. The van der Waals surface area contributed by atoms with E-state index in [1.165, 1.54) is 11.8 Å². The van der Waals surface area contributed by atoms with E-state index in [0.717, 1.165) is 47.8 Å². The van der Waals surface area contributed by atoms with Gasteiger partial charge in [0, 0.05) is 31.0 Å². The monoisotopic (exact) mass is 463 g/mol. The Bertz CT molecular complexity index is 1150. The van der Waals surface area contributed by atoms with E-state index in [-0.39, 0.29) is 11.9 Å². The van der Waals surface area contributed by atoms with Gasteiger partial charge in [-0.1, -0.05) is 23.9 Å². The Kier molecular flexibility index (Phi) is 6.30. The number of hydrogen-bond donors (Lipinski definition) is 0. The van der Waals surface area contributed by atoms with Crippen molar-refractivity contribution in [2.24, 2.45) is 0 Å². The molecule has 5 rings (SSSR count). The lowest BCUT2D eigenvalue weighted by Gasteiger charge is -2.26. The lowest BCUT2D eigenvalue weighted by Crippen LogP contribution is -2.32. The highest BCUT2D eigenvalue weighted by Crippen LogP contribution is 2.38. The maximum absolute atomic E-state index is 13.2. The summed E-state index contributed by atoms with van der Waals surface area (Å²) < 4.78 is 13.3. The topological polar surface area (TPSA) is 82.4 Å². The Hall–Kier alpha value is -3.33. The summed E-state index contributed by atoms with van der Waals surface area (Å²) in [6, 6.07) is 9.83. The number of pyridine rings is 1. The van der Waals surface area contributed by atoms with Gasteiger partial charge in [0.1, 0.15) is 13.2 Å². The van der Waals surface area contributed by atoms with E-state index in [2.05, 4.69) is 21.8 Å². The number of allylic oxidation sites excluding steroid dienone is 1. The number of fused-ring (bicyclic) bond motifs is 1. The van der Waals surface area contributed by atoms with Gasteiger partial charge in [0.25, 0.3) is 0 Å². The van der Waals surface area contributed by atoms with Crippen LogP contribution >= 0.6 is 11.8 Å². The second-order valence-electron chi connectivity index (χ2n) is 7.88.